The predicted octanol–water partition coefficient (Wildman–Crippen LogP) is 3.05. The van der Waals surface area contributed by atoms with Crippen LogP contribution in [0.4, 0.5) is 0 Å². The standard InChI is InChI=1S/C25H28N2O4/c1-30-19-11-7-17(8-12-19)25(13-14-25)24(29)27-16-21(31-20-5-3-2-4-6-20)15-22(27)23(28)26-18-9-10-18/h2-8,11-12,18,21-22H,9-10,13-16H2,1H3,(H,26,28)/t21-,22-/m0/s1. The molecule has 0 unspecified atom stereocenters. The Bertz CT molecular complexity index is 951. The lowest BCUT2D eigenvalue weighted by Gasteiger charge is -2.28. The van der Waals surface area contributed by atoms with Crippen LogP contribution < -0.4 is 14.8 Å². The van der Waals surface area contributed by atoms with Crippen molar-refractivity contribution in [3.05, 3.63) is 60.2 Å². The second kappa shape index (κ2) is 7.91. The van der Waals surface area contributed by atoms with Crippen LogP contribution in [0.5, 0.6) is 11.5 Å². The van der Waals surface area contributed by atoms with Crippen molar-refractivity contribution in [3.63, 3.8) is 0 Å². The van der Waals surface area contributed by atoms with Gasteiger partial charge in [-0.1, -0.05) is 30.3 Å². The molecule has 0 radical (unpaired) electrons. The van der Waals surface area contributed by atoms with Crippen molar-refractivity contribution in [1.29, 1.82) is 0 Å². The Morgan fingerprint density at radius 2 is 1.71 bits per heavy atom. The van der Waals surface area contributed by atoms with Crippen molar-refractivity contribution >= 4 is 11.8 Å². The molecule has 3 fully saturated rings. The molecule has 5 rings (SSSR count). The Labute approximate surface area is 182 Å². The molecule has 0 spiro atoms. The number of amides is 2. The van der Waals surface area contributed by atoms with E-state index in [9.17, 15) is 9.59 Å². The van der Waals surface area contributed by atoms with E-state index in [0.29, 0.717) is 13.0 Å². The Morgan fingerprint density at radius 3 is 2.32 bits per heavy atom. The van der Waals surface area contributed by atoms with Crippen LogP contribution in [0.15, 0.2) is 54.6 Å². The van der Waals surface area contributed by atoms with Crippen LogP contribution in [0.3, 0.4) is 0 Å². The van der Waals surface area contributed by atoms with Crippen molar-refractivity contribution < 1.29 is 19.1 Å². The number of rotatable bonds is 7. The number of nitrogens with zero attached hydrogens (tertiary/aromatic N) is 1. The zero-order chi connectivity index (χ0) is 21.4. The van der Waals surface area contributed by atoms with Gasteiger partial charge in [0.15, 0.2) is 0 Å². The van der Waals surface area contributed by atoms with E-state index in [1.165, 1.54) is 0 Å². The van der Waals surface area contributed by atoms with E-state index in [1.807, 2.05) is 54.6 Å². The first-order valence-corrected chi connectivity index (χ1v) is 11.1. The van der Waals surface area contributed by atoms with Gasteiger partial charge in [-0.15, -0.1) is 0 Å². The second-order valence-corrected chi connectivity index (χ2v) is 8.86. The number of hydrogen-bond acceptors (Lipinski definition) is 4. The van der Waals surface area contributed by atoms with E-state index in [2.05, 4.69) is 5.32 Å². The van der Waals surface area contributed by atoms with E-state index < -0.39 is 11.5 Å². The van der Waals surface area contributed by atoms with Gasteiger partial charge in [-0.3, -0.25) is 9.59 Å². The highest BCUT2D eigenvalue weighted by atomic mass is 16.5. The molecule has 0 bridgehead atoms. The Balaban J connectivity index is 1.37. The van der Waals surface area contributed by atoms with Crippen LogP contribution in [0, 0.1) is 0 Å². The molecule has 3 aliphatic rings. The second-order valence-electron chi connectivity index (χ2n) is 8.86. The quantitative estimate of drug-likeness (QED) is 0.748. The van der Waals surface area contributed by atoms with Crippen LogP contribution >= 0.6 is 0 Å². The van der Waals surface area contributed by atoms with Gasteiger partial charge in [0.2, 0.25) is 11.8 Å². The molecule has 1 N–H and O–H groups in total. The van der Waals surface area contributed by atoms with Gasteiger partial charge in [-0.25, -0.2) is 0 Å². The molecule has 1 aliphatic heterocycles. The maximum absolute atomic E-state index is 13.8. The molecular formula is C25H28N2O4. The van der Waals surface area contributed by atoms with Gasteiger partial charge in [0.1, 0.15) is 23.6 Å². The van der Waals surface area contributed by atoms with E-state index >= 15 is 0 Å². The summed E-state index contributed by atoms with van der Waals surface area (Å²) in [6.07, 6.45) is 3.95. The summed E-state index contributed by atoms with van der Waals surface area (Å²) < 4.78 is 11.4. The average molecular weight is 421 g/mol. The number of carbonyl (C=O) groups is 2. The summed E-state index contributed by atoms with van der Waals surface area (Å²) in [5, 5.41) is 3.09. The molecule has 2 aromatic carbocycles. The van der Waals surface area contributed by atoms with E-state index in [0.717, 1.165) is 42.7 Å². The van der Waals surface area contributed by atoms with Gasteiger partial charge in [-0.05, 0) is 55.5 Å². The molecule has 1 heterocycles. The lowest BCUT2D eigenvalue weighted by molar-refractivity contribution is -0.140. The zero-order valence-corrected chi connectivity index (χ0v) is 17.8. The molecule has 6 heteroatoms. The topological polar surface area (TPSA) is 67.9 Å². The minimum absolute atomic E-state index is 0.0350. The Kier molecular flexibility index (Phi) is 5.08. The third-order valence-electron chi connectivity index (χ3n) is 6.60. The van der Waals surface area contributed by atoms with Crippen molar-refractivity contribution in [3.8, 4) is 11.5 Å². The lowest BCUT2D eigenvalue weighted by Crippen LogP contribution is -2.49. The first-order chi connectivity index (χ1) is 15.1. The molecule has 2 aromatic rings. The number of ether oxygens (including phenoxy) is 2. The van der Waals surface area contributed by atoms with Crippen LogP contribution in [0.2, 0.25) is 0 Å². The fourth-order valence-corrected chi connectivity index (χ4v) is 4.51. The van der Waals surface area contributed by atoms with Gasteiger partial charge < -0.3 is 19.7 Å². The minimum Gasteiger partial charge on any atom is -0.497 e. The third-order valence-corrected chi connectivity index (χ3v) is 6.60. The number of carbonyl (C=O) groups excluding carboxylic acids is 2. The largest absolute Gasteiger partial charge is 0.497 e. The fourth-order valence-electron chi connectivity index (χ4n) is 4.51. The summed E-state index contributed by atoms with van der Waals surface area (Å²) >= 11 is 0. The number of methoxy groups -OCH3 is 1. The van der Waals surface area contributed by atoms with E-state index in [-0.39, 0.29) is 24.0 Å². The van der Waals surface area contributed by atoms with Gasteiger partial charge in [0, 0.05) is 12.5 Å². The summed E-state index contributed by atoms with van der Waals surface area (Å²) in [5.74, 6) is 1.51. The molecule has 1 saturated heterocycles. The molecule has 2 atom stereocenters. The summed E-state index contributed by atoms with van der Waals surface area (Å²) in [6, 6.07) is 17.1. The summed E-state index contributed by atoms with van der Waals surface area (Å²) in [5.41, 5.74) is 0.457. The number of hydrogen-bond donors (Lipinski definition) is 1. The third kappa shape index (κ3) is 3.99. The molecule has 31 heavy (non-hydrogen) atoms. The summed E-state index contributed by atoms with van der Waals surface area (Å²) in [7, 11) is 1.63. The van der Waals surface area contributed by atoms with Crippen molar-refractivity contribution in [2.24, 2.45) is 0 Å². The van der Waals surface area contributed by atoms with Gasteiger partial charge >= 0.3 is 0 Å². The van der Waals surface area contributed by atoms with E-state index in [4.69, 9.17) is 9.47 Å². The van der Waals surface area contributed by atoms with Crippen LogP contribution in [-0.2, 0) is 15.0 Å². The SMILES string of the molecule is COc1ccc(C2(C(=O)N3C[C@@H](Oc4ccccc4)C[C@H]3C(=O)NC3CC3)CC2)cc1. The smallest absolute Gasteiger partial charge is 0.243 e. The predicted molar refractivity (Wildman–Crippen MR) is 116 cm³/mol. The molecule has 2 amide bonds. The summed E-state index contributed by atoms with van der Waals surface area (Å²) in [4.78, 5) is 28.5. The lowest BCUT2D eigenvalue weighted by atomic mass is 9.93. The van der Waals surface area contributed by atoms with Gasteiger partial charge in [-0.2, -0.15) is 0 Å². The zero-order valence-electron chi connectivity index (χ0n) is 17.8. The van der Waals surface area contributed by atoms with Crippen LogP contribution in [0.1, 0.15) is 37.7 Å². The highest BCUT2D eigenvalue weighted by Crippen LogP contribution is 2.50. The Morgan fingerprint density at radius 1 is 1.00 bits per heavy atom. The maximum atomic E-state index is 13.8. The minimum atomic E-state index is -0.536. The number of likely N-dealkylation sites (tertiary alicyclic amines) is 1. The highest BCUT2D eigenvalue weighted by Gasteiger charge is 2.56. The van der Waals surface area contributed by atoms with Gasteiger partial charge in [0.05, 0.1) is 19.1 Å². The molecule has 0 aromatic heterocycles. The first kappa shape index (κ1) is 19.9. The highest BCUT2D eigenvalue weighted by molar-refractivity contribution is 5.96. The maximum Gasteiger partial charge on any atom is 0.243 e. The normalized spacial score (nSPS) is 23.8. The summed E-state index contributed by atoms with van der Waals surface area (Å²) in [6.45, 7) is 0.425. The van der Waals surface area contributed by atoms with Crippen LogP contribution in [-0.4, -0.2) is 48.6 Å². The molecule has 6 nitrogen and oxygen atoms in total. The Hall–Kier alpha value is -3.02. The number of para-hydroxylation sites is 1. The monoisotopic (exact) mass is 420 g/mol. The number of benzene rings is 2. The van der Waals surface area contributed by atoms with E-state index in [1.54, 1.807) is 12.0 Å². The van der Waals surface area contributed by atoms with Crippen molar-refractivity contribution in [2.75, 3.05) is 13.7 Å². The average Bonchev–Trinajstić information content (AvgIpc) is 3.73. The fraction of sp³-hybridized carbons (Fsp3) is 0.440. The van der Waals surface area contributed by atoms with Gasteiger partial charge in [0.25, 0.3) is 0 Å². The molecule has 162 valence electrons. The molecular weight excluding hydrogens is 392 g/mol. The van der Waals surface area contributed by atoms with Crippen molar-refractivity contribution in [1.82, 2.24) is 10.2 Å². The first-order valence-electron chi connectivity index (χ1n) is 11.1. The molecule has 2 saturated carbocycles. The molecule has 2 aliphatic carbocycles. The number of nitrogens with one attached hydrogen (secondary N) is 1. The van der Waals surface area contributed by atoms with Crippen molar-refractivity contribution in [2.45, 2.75) is 55.7 Å². The van der Waals surface area contributed by atoms with Crippen LogP contribution in [0.25, 0.3) is 0 Å².